The number of alkyl halides is 1. The van der Waals surface area contributed by atoms with Gasteiger partial charge in [0.2, 0.25) is 10.0 Å². The lowest BCUT2D eigenvalue weighted by Crippen LogP contribution is -2.23. The standard InChI is InChI=1S/C14H12BrCl2NO2S/c15-12-4-5-14(13(17)7-12)21(19,20)18-9-11-3-1-2-10(6-11)8-16/h1-7,18H,8-9H2. The van der Waals surface area contributed by atoms with Crippen molar-refractivity contribution in [2.45, 2.75) is 17.3 Å². The number of halogens is 3. The molecule has 0 unspecified atom stereocenters. The molecule has 0 aliphatic heterocycles. The van der Waals surface area contributed by atoms with Crippen molar-refractivity contribution in [3.05, 3.63) is 63.1 Å². The van der Waals surface area contributed by atoms with Gasteiger partial charge in [0.25, 0.3) is 0 Å². The van der Waals surface area contributed by atoms with Gasteiger partial charge in [-0.1, -0.05) is 51.8 Å². The minimum atomic E-state index is -3.66. The van der Waals surface area contributed by atoms with Crippen molar-refractivity contribution in [3.8, 4) is 0 Å². The third-order valence-electron chi connectivity index (χ3n) is 2.80. The predicted molar refractivity (Wildman–Crippen MR) is 89.2 cm³/mol. The first-order valence-electron chi connectivity index (χ1n) is 6.01. The minimum Gasteiger partial charge on any atom is -0.207 e. The predicted octanol–water partition coefficient (Wildman–Crippen LogP) is 4.32. The lowest BCUT2D eigenvalue weighted by Gasteiger charge is -2.09. The summed E-state index contributed by atoms with van der Waals surface area (Å²) in [7, 11) is -3.66. The molecule has 0 aliphatic rings. The Hall–Kier alpha value is -0.590. The summed E-state index contributed by atoms with van der Waals surface area (Å²) >= 11 is 15.0. The van der Waals surface area contributed by atoms with Crippen LogP contribution >= 0.6 is 39.1 Å². The summed E-state index contributed by atoms with van der Waals surface area (Å²) in [5.74, 6) is 0.388. The van der Waals surface area contributed by atoms with Gasteiger partial charge in [0.1, 0.15) is 4.90 Å². The number of hydrogen-bond acceptors (Lipinski definition) is 2. The van der Waals surface area contributed by atoms with Crippen molar-refractivity contribution in [1.82, 2.24) is 4.72 Å². The summed E-state index contributed by atoms with van der Waals surface area (Å²) in [6, 6.07) is 12.1. The molecular formula is C14H12BrCl2NO2S. The van der Waals surface area contributed by atoms with E-state index in [9.17, 15) is 8.42 Å². The average molecular weight is 409 g/mol. The summed E-state index contributed by atoms with van der Waals surface area (Å²) in [4.78, 5) is 0.0564. The number of hydrogen-bond donors (Lipinski definition) is 1. The Labute approximate surface area is 142 Å². The maximum absolute atomic E-state index is 12.3. The second kappa shape index (κ2) is 7.11. The van der Waals surface area contributed by atoms with E-state index in [-0.39, 0.29) is 16.5 Å². The van der Waals surface area contributed by atoms with Gasteiger partial charge in [-0.05, 0) is 29.3 Å². The molecule has 112 valence electrons. The fourth-order valence-electron chi connectivity index (χ4n) is 1.77. The van der Waals surface area contributed by atoms with Crippen molar-refractivity contribution in [1.29, 1.82) is 0 Å². The Morgan fingerprint density at radius 2 is 1.81 bits per heavy atom. The average Bonchev–Trinajstić information content (AvgIpc) is 2.45. The third kappa shape index (κ3) is 4.44. The minimum absolute atomic E-state index is 0.0564. The second-order valence-corrected chi connectivity index (χ2v) is 7.68. The number of rotatable bonds is 5. The highest BCUT2D eigenvalue weighted by Crippen LogP contribution is 2.25. The maximum Gasteiger partial charge on any atom is 0.242 e. The topological polar surface area (TPSA) is 46.2 Å². The van der Waals surface area contributed by atoms with Crippen molar-refractivity contribution in [3.63, 3.8) is 0 Å². The van der Waals surface area contributed by atoms with Crippen LogP contribution in [0.5, 0.6) is 0 Å². The Morgan fingerprint density at radius 3 is 2.48 bits per heavy atom. The van der Waals surface area contributed by atoms with Crippen molar-refractivity contribution in [2.75, 3.05) is 0 Å². The van der Waals surface area contributed by atoms with Gasteiger partial charge in [-0.15, -0.1) is 11.6 Å². The van der Waals surface area contributed by atoms with Gasteiger partial charge in [0, 0.05) is 16.9 Å². The van der Waals surface area contributed by atoms with E-state index in [0.29, 0.717) is 5.88 Å². The molecule has 0 aliphatic carbocycles. The molecule has 1 N–H and O–H groups in total. The van der Waals surface area contributed by atoms with Crippen LogP contribution in [0.3, 0.4) is 0 Å². The first kappa shape index (κ1) is 16.8. The van der Waals surface area contributed by atoms with E-state index in [4.69, 9.17) is 23.2 Å². The number of sulfonamides is 1. The van der Waals surface area contributed by atoms with Crippen LogP contribution in [-0.4, -0.2) is 8.42 Å². The van der Waals surface area contributed by atoms with Crippen LogP contribution in [0.2, 0.25) is 5.02 Å². The summed E-state index contributed by atoms with van der Waals surface area (Å²) in [6.07, 6.45) is 0. The van der Waals surface area contributed by atoms with Crippen molar-refractivity contribution in [2.24, 2.45) is 0 Å². The van der Waals surface area contributed by atoms with Gasteiger partial charge < -0.3 is 0 Å². The highest BCUT2D eigenvalue weighted by Gasteiger charge is 2.17. The van der Waals surface area contributed by atoms with Crippen LogP contribution < -0.4 is 4.72 Å². The summed E-state index contributed by atoms with van der Waals surface area (Å²) < 4.78 is 27.8. The van der Waals surface area contributed by atoms with Crippen LogP contribution in [0.4, 0.5) is 0 Å². The SMILES string of the molecule is O=S(=O)(NCc1cccc(CCl)c1)c1ccc(Br)cc1Cl. The molecule has 0 heterocycles. The molecule has 0 saturated heterocycles. The van der Waals surface area contributed by atoms with Crippen molar-refractivity contribution >= 4 is 49.2 Å². The molecule has 7 heteroatoms. The molecule has 0 radical (unpaired) electrons. The van der Waals surface area contributed by atoms with E-state index in [2.05, 4.69) is 20.7 Å². The molecule has 0 atom stereocenters. The monoisotopic (exact) mass is 407 g/mol. The van der Waals surface area contributed by atoms with E-state index in [1.165, 1.54) is 6.07 Å². The molecule has 0 saturated carbocycles. The Kier molecular flexibility index (Phi) is 5.68. The smallest absolute Gasteiger partial charge is 0.207 e. The zero-order chi connectivity index (χ0) is 15.5. The fourth-order valence-corrected chi connectivity index (χ4v) is 3.99. The van der Waals surface area contributed by atoms with E-state index in [0.717, 1.165) is 15.6 Å². The summed E-state index contributed by atoms with van der Waals surface area (Å²) in [5.41, 5.74) is 1.78. The normalized spacial score (nSPS) is 11.6. The van der Waals surface area contributed by atoms with E-state index in [1.54, 1.807) is 12.1 Å². The first-order chi connectivity index (χ1) is 9.92. The number of benzene rings is 2. The molecule has 3 nitrogen and oxygen atoms in total. The van der Waals surface area contributed by atoms with Crippen LogP contribution in [0, 0.1) is 0 Å². The van der Waals surface area contributed by atoms with Gasteiger partial charge >= 0.3 is 0 Å². The van der Waals surface area contributed by atoms with Crippen LogP contribution in [0.15, 0.2) is 51.8 Å². The fraction of sp³-hybridized carbons (Fsp3) is 0.143. The van der Waals surface area contributed by atoms with Crippen LogP contribution in [0.1, 0.15) is 11.1 Å². The third-order valence-corrected chi connectivity index (χ3v) is 5.48. The molecule has 0 amide bonds. The molecule has 2 aromatic carbocycles. The van der Waals surface area contributed by atoms with Crippen LogP contribution in [-0.2, 0) is 22.4 Å². The maximum atomic E-state index is 12.3. The quantitative estimate of drug-likeness (QED) is 0.748. The molecule has 21 heavy (non-hydrogen) atoms. The first-order valence-corrected chi connectivity index (χ1v) is 9.20. The van der Waals surface area contributed by atoms with Crippen LogP contribution in [0.25, 0.3) is 0 Å². The molecule has 0 spiro atoms. The largest absolute Gasteiger partial charge is 0.242 e. The summed E-state index contributed by atoms with van der Waals surface area (Å²) in [6.45, 7) is 0.180. The van der Waals surface area contributed by atoms with E-state index >= 15 is 0 Å². The molecule has 0 fully saturated rings. The van der Waals surface area contributed by atoms with E-state index in [1.807, 2.05) is 24.3 Å². The highest BCUT2D eigenvalue weighted by molar-refractivity contribution is 9.10. The summed E-state index contributed by atoms with van der Waals surface area (Å²) in [5, 5.41) is 0.173. The molecule has 0 bridgehead atoms. The molecule has 2 rings (SSSR count). The van der Waals surface area contributed by atoms with Gasteiger partial charge in [-0.25, -0.2) is 13.1 Å². The Balaban J connectivity index is 2.17. The zero-order valence-corrected chi connectivity index (χ0v) is 14.7. The lowest BCUT2D eigenvalue weighted by atomic mass is 10.1. The number of nitrogens with one attached hydrogen (secondary N) is 1. The molecular weight excluding hydrogens is 397 g/mol. The lowest BCUT2D eigenvalue weighted by molar-refractivity contribution is 0.581. The Bertz CT molecular complexity index is 750. The highest BCUT2D eigenvalue weighted by atomic mass is 79.9. The second-order valence-electron chi connectivity index (χ2n) is 4.35. The van der Waals surface area contributed by atoms with Gasteiger partial charge in [0.15, 0.2) is 0 Å². The Morgan fingerprint density at radius 1 is 1.10 bits per heavy atom. The van der Waals surface area contributed by atoms with Gasteiger partial charge in [0.05, 0.1) is 5.02 Å². The zero-order valence-electron chi connectivity index (χ0n) is 10.8. The van der Waals surface area contributed by atoms with E-state index < -0.39 is 10.0 Å². The molecule has 2 aromatic rings. The molecule has 0 aromatic heterocycles. The van der Waals surface area contributed by atoms with Gasteiger partial charge in [-0.3, -0.25) is 0 Å². The van der Waals surface area contributed by atoms with Crippen molar-refractivity contribution < 1.29 is 8.42 Å². The van der Waals surface area contributed by atoms with Gasteiger partial charge in [-0.2, -0.15) is 0 Å².